The molecule has 140 valence electrons. The summed E-state index contributed by atoms with van der Waals surface area (Å²) in [6, 6.07) is 2.66. The first-order valence-electron chi connectivity index (χ1n) is 7.86. The molecule has 26 heavy (non-hydrogen) atoms. The summed E-state index contributed by atoms with van der Waals surface area (Å²) in [4.78, 5) is 19.5. The Morgan fingerprint density at radius 2 is 2.04 bits per heavy atom. The van der Waals surface area contributed by atoms with E-state index in [1.165, 1.54) is 0 Å². The van der Waals surface area contributed by atoms with E-state index < -0.39 is 11.7 Å². The van der Waals surface area contributed by atoms with Crippen molar-refractivity contribution in [2.24, 2.45) is 0 Å². The van der Waals surface area contributed by atoms with Gasteiger partial charge >= 0.3 is 12.2 Å². The Bertz CT molecular complexity index is 761. The highest BCUT2D eigenvalue weighted by Gasteiger charge is 2.32. The minimum Gasteiger partial charge on any atom is -0.352 e. The highest BCUT2D eigenvalue weighted by Crippen LogP contribution is 2.33. The average molecular weight is 405 g/mol. The number of thiophene rings is 1. The molecule has 1 N–H and O–H groups in total. The maximum Gasteiger partial charge on any atom is 0.417 e. The molecule has 0 aromatic carbocycles. The Kier molecular flexibility index (Phi) is 5.57. The van der Waals surface area contributed by atoms with Crippen LogP contribution in [0, 0.1) is 0 Å². The number of pyridine rings is 1. The van der Waals surface area contributed by atoms with Crippen molar-refractivity contribution in [1.29, 1.82) is 0 Å². The molecular formula is C16H16ClF3N4OS. The zero-order valence-corrected chi connectivity index (χ0v) is 15.2. The van der Waals surface area contributed by atoms with Gasteiger partial charge in [0.2, 0.25) is 0 Å². The van der Waals surface area contributed by atoms with Gasteiger partial charge in [-0.05, 0) is 28.5 Å². The lowest BCUT2D eigenvalue weighted by Gasteiger charge is -2.35. The van der Waals surface area contributed by atoms with Crippen LogP contribution in [-0.2, 0) is 12.7 Å². The Morgan fingerprint density at radius 1 is 1.31 bits per heavy atom. The Balaban J connectivity index is 1.55. The monoisotopic (exact) mass is 404 g/mol. The van der Waals surface area contributed by atoms with Crippen molar-refractivity contribution in [2.75, 3.05) is 31.1 Å². The molecule has 2 amide bonds. The predicted octanol–water partition coefficient (Wildman–Crippen LogP) is 3.85. The number of hydrogen-bond donors (Lipinski definition) is 1. The molecule has 0 bridgehead atoms. The van der Waals surface area contributed by atoms with Gasteiger partial charge in [0, 0.05) is 38.9 Å². The number of nitrogens with one attached hydrogen (secondary N) is 1. The number of urea groups is 1. The highest BCUT2D eigenvalue weighted by molar-refractivity contribution is 7.07. The molecule has 1 aliphatic heterocycles. The summed E-state index contributed by atoms with van der Waals surface area (Å²) in [6.45, 7) is 2.24. The fourth-order valence-electron chi connectivity index (χ4n) is 2.62. The third-order valence-electron chi connectivity index (χ3n) is 4.04. The standard InChI is InChI=1S/C16H16ClF3N4OS/c17-13-7-12(16(18,19)20)9-21-14(13)23-2-4-24(5-3-23)15(25)22-8-11-1-6-26-10-11/h1,6-7,9-10H,2-5,8H2,(H,22,25). The van der Waals surface area contributed by atoms with Crippen molar-refractivity contribution in [3.63, 3.8) is 0 Å². The van der Waals surface area contributed by atoms with E-state index in [1.54, 1.807) is 21.1 Å². The van der Waals surface area contributed by atoms with Crippen LogP contribution >= 0.6 is 22.9 Å². The van der Waals surface area contributed by atoms with Crippen LogP contribution in [-0.4, -0.2) is 42.1 Å². The van der Waals surface area contributed by atoms with E-state index in [1.807, 2.05) is 16.8 Å². The van der Waals surface area contributed by atoms with Crippen molar-refractivity contribution in [3.8, 4) is 0 Å². The molecular weight excluding hydrogens is 389 g/mol. The summed E-state index contributed by atoms with van der Waals surface area (Å²) < 4.78 is 38.1. The van der Waals surface area contributed by atoms with Gasteiger partial charge in [0.25, 0.3) is 0 Å². The summed E-state index contributed by atoms with van der Waals surface area (Å²) in [6.07, 6.45) is -3.70. The number of aromatic nitrogens is 1. The normalized spacial score (nSPS) is 15.2. The molecule has 3 rings (SSSR count). The third-order valence-corrected chi connectivity index (χ3v) is 5.05. The van der Waals surface area contributed by atoms with Gasteiger partial charge in [-0.2, -0.15) is 24.5 Å². The van der Waals surface area contributed by atoms with Crippen molar-refractivity contribution in [3.05, 3.63) is 45.2 Å². The van der Waals surface area contributed by atoms with Gasteiger partial charge in [-0.25, -0.2) is 9.78 Å². The minimum absolute atomic E-state index is 0.0461. The number of halogens is 4. The fourth-order valence-corrected chi connectivity index (χ4v) is 3.58. The second kappa shape index (κ2) is 7.71. The molecule has 0 radical (unpaired) electrons. The maximum absolute atomic E-state index is 12.7. The summed E-state index contributed by atoms with van der Waals surface area (Å²) in [5.74, 6) is 0.304. The zero-order valence-electron chi connectivity index (χ0n) is 13.6. The smallest absolute Gasteiger partial charge is 0.352 e. The molecule has 0 saturated carbocycles. The van der Waals surface area contributed by atoms with Gasteiger partial charge in [0.05, 0.1) is 10.6 Å². The van der Waals surface area contributed by atoms with Crippen LogP contribution < -0.4 is 10.2 Å². The average Bonchev–Trinajstić information content (AvgIpc) is 3.12. The number of alkyl halides is 3. The number of hydrogen-bond acceptors (Lipinski definition) is 4. The number of nitrogens with zero attached hydrogens (tertiary/aromatic N) is 3. The molecule has 10 heteroatoms. The maximum atomic E-state index is 12.7. The molecule has 5 nitrogen and oxygen atoms in total. The van der Waals surface area contributed by atoms with Crippen molar-refractivity contribution < 1.29 is 18.0 Å². The first-order chi connectivity index (χ1) is 12.3. The zero-order chi connectivity index (χ0) is 18.7. The van der Waals surface area contributed by atoms with Crippen molar-refractivity contribution in [2.45, 2.75) is 12.7 Å². The van der Waals surface area contributed by atoms with E-state index >= 15 is 0 Å². The van der Waals surface area contributed by atoms with Gasteiger partial charge < -0.3 is 15.1 Å². The molecule has 0 atom stereocenters. The van der Waals surface area contributed by atoms with Crippen molar-refractivity contribution in [1.82, 2.24) is 15.2 Å². The summed E-state index contributed by atoms with van der Waals surface area (Å²) in [5.41, 5.74) is 0.167. The van der Waals surface area contributed by atoms with E-state index in [4.69, 9.17) is 11.6 Å². The van der Waals surface area contributed by atoms with Crippen molar-refractivity contribution >= 4 is 34.8 Å². The predicted molar refractivity (Wildman–Crippen MR) is 94.6 cm³/mol. The second-order valence-corrected chi connectivity index (χ2v) is 6.98. The molecule has 2 aromatic rings. The van der Waals surface area contributed by atoms with Crippen LogP contribution in [0.5, 0.6) is 0 Å². The Labute approximate surface area is 157 Å². The van der Waals surface area contributed by atoms with Gasteiger partial charge in [0.1, 0.15) is 5.82 Å². The van der Waals surface area contributed by atoms with Gasteiger partial charge in [-0.1, -0.05) is 11.6 Å². The molecule has 2 aromatic heterocycles. The largest absolute Gasteiger partial charge is 0.417 e. The number of amides is 2. The third kappa shape index (κ3) is 4.39. The number of carbonyl (C=O) groups is 1. The lowest BCUT2D eigenvalue weighted by Crippen LogP contribution is -2.52. The minimum atomic E-state index is -4.48. The number of piperazine rings is 1. The highest BCUT2D eigenvalue weighted by atomic mass is 35.5. The van der Waals surface area contributed by atoms with E-state index in [-0.39, 0.29) is 11.1 Å². The van der Waals surface area contributed by atoms with Gasteiger partial charge in [-0.3, -0.25) is 0 Å². The lowest BCUT2D eigenvalue weighted by atomic mass is 10.2. The van der Waals surface area contributed by atoms with Crippen LogP contribution in [0.25, 0.3) is 0 Å². The number of anilines is 1. The second-order valence-electron chi connectivity index (χ2n) is 5.79. The molecule has 1 saturated heterocycles. The first-order valence-corrected chi connectivity index (χ1v) is 9.18. The number of rotatable bonds is 3. The van der Waals surface area contributed by atoms with Crippen LogP contribution in [0.15, 0.2) is 29.1 Å². The SMILES string of the molecule is O=C(NCc1ccsc1)N1CCN(c2ncc(C(F)(F)F)cc2Cl)CC1. The van der Waals surface area contributed by atoms with Gasteiger partial charge in [-0.15, -0.1) is 0 Å². The van der Waals surface area contributed by atoms with E-state index in [0.717, 1.165) is 17.8 Å². The topological polar surface area (TPSA) is 48.5 Å². The fraction of sp³-hybridized carbons (Fsp3) is 0.375. The van der Waals surface area contributed by atoms with E-state index in [0.29, 0.717) is 38.5 Å². The summed E-state index contributed by atoms with van der Waals surface area (Å²) in [7, 11) is 0. The Morgan fingerprint density at radius 3 is 2.62 bits per heavy atom. The first kappa shape index (κ1) is 18.8. The van der Waals surface area contributed by atoms with E-state index in [9.17, 15) is 18.0 Å². The van der Waals surface area contributed by atoms with Crippen LogP contribution in [0.2, 0.25) is 5.02 Å². The van der Waals surface area contributed by atoms with Gasteiger partial charge in [0.15, 0.2) is 0 Å². The molecule has 0 aliphatic carbocycles. The molecule has 1 fully saturated rings. The van der Waals surface area contributed by atoms with Crippen LogP contribution in [0.4, 0.5) is 23.8 Å². The Hall–Kier alpha value is -2.00. The number of carbonyl (C=O) groups excluding carboxylic acids is 1. The summed E-state index contributed by atoms with van der Waals surface area (Å²) in [5, 5.41) is 6.72. The lowest BCUT2D eigenvalue weighted by molar-refractivity contribution is -0.137. The quantitative estimate of drug-likeness (QED) is 0.845. The van der Waals surface area contributed by atoms with E-state index in [2.05, 4.69) is 10.3 Å². The summed E-state index contributed by atoms with van der Waals surface area (Å²) >= 11 is 7.55. The molecule has 3 heterocycles. The van der Waals surface area contributed by atoms with Crippen LogP contribution in [0.3, 0.4) is 0 Å². The molecule has 1 aliphatic rings. The molecule has 0 unspecified atom stereocenters. The van der Waals surface area contributed by atoms with Crippen LogP contribution in [0.1, 0.15) is 11.1 Å². The molecule has 0 spiro atoms.